The van der Waals surface area contributed by atoms with E-state index < -0.39 is 0 Å². The summed E-state index contributed by atoms with van der Waals surface area (Å²) in [6.45, 7) is 0. The normalized spacial score (nSPS) is 10.6. The summed E-state index contributed by atoms with van der Waals surface area (Å²) < 4.78 is 10.9. The lowest BCUT2D eigenvalue weighted by atomic mass is 10.2. The lowest BCUT2D eigenvalue weighted by Crippen LogP contribution is -1.89. The van der Waals surface area contributed by atoms with Gasteiger partial charge >= 0.3 is 0 Å². The molecule has 7 heteroatoms. The number of methoxy groups -OCH3 is 1. The number of furan rings is 1. The molecule has 0 saturated heterocycles. The number of nitrogens with one attached hydrogen (secondary N) is 1. The molecule has 0 fully saturated rings. The van der Waals surface area contributed by atoms with Gasteiger partial charge in [0.05, 0.1) is 12.7 Å². The van der Waals surface area contributed by atoms with Gasteiger partial charge in [0.2, 0.25) is 11.8 Å². The monoisotopic (exact) mass is 257 g/mol. The van der Waals surface area contributed by atoms with Gasteiger partial charge in [-0.25, -0.2) is 4.98 Å². The average Bonchev–Trinajstić information content (AvgIpc) is 3.07. The molecule has 0 spiro atoms. The maximum atomic E-state index is 5.70. The molecule has 0 aliphatic carbocycles. The topological polar surface area (TPSA) is 103 Å². The van der Waals surface area contributed by atoms with Crippen LogP contribution in [-0.2, 0) is 0 Å². The highest BCUT2D eigenvalue weighted by atomic mass is 16.5. The predicted molar refractivity (Wildman–Crippen MR) is 68.3 cm³/mol. The van der Waals surface area contributed by atoms with Gasteiger partial charge in [0.1, 0.15) is 5.76 Å². The first kappa shape index (κ1) is 11.3. The van der Waals surface area contributed by atoms with E-state index in [0.29, 0.717) is 23.2 Å². The number of aromatic nitrogens is 4. The molecule has 0 aliphatic heterocycles. The van der Waals surface area contributed by atoms with E-state index >= 15 is 0 Å². The summed E-state index contributed by atoms with van der Waals surface area (Å²) >= 11 is 0. The number of nitrogens with two attached hydrogens (primary N) is 1. The number of aromatic amines is 1. The van der Waals surface area contributed by atoms with Gasteiger partial charge in [-0.1, -0.05) is 0 Å². The Labute approximate surface area is 108 Å². The van der Waals surface area contributed by atoms with Gasteiger partial charge < -0.3 is 14.9 Å². The zero-order chi connectivity index (χ0) is 13.2. The fraction of sp³-hybridized carbons (Fsp3) is 0.0833. The first-order valence-corrected chi connectivity index (χ1v) is 5.55. The van der Waals surface area contributed by atoms with Gasteiger partial charge in [-0.3, -0.25) is 5.10 Å². The van der Waals surface area contributed by atoms with Gasteiger partial charge in [0.15, 0.2) is 11.6 Å². The Balaban J connectivity index is 2.01. The van der Waals surface area contributed by atoms with E-state index in [2.05, 4.69) is 20.2 Å². The van der Waals surface area contributed by atoms with Crippen molar-refractivity contribution in [1.82, 2.24) is 20.2 Å². The molecule has 0 bridgehead atoms. The van der Waals surface area contributed by atoms with Crippen LogP contribution in [-0.4, -0.2) is 27.3 Å². The highest BCUT2D eigenvalue weighted by Gasteiger charge is 2.13. The molecule has 0 amide bonds. The average molecular weight is 257 g/mol. The van der Waals surface area contributed by atoms with E-state index in [0.717, 1.165) is 5.56 Å². The Morgan fingerprint density at radius 1 is 1.26 bits per heavy atom. The maximum Gasteiger partial charge on any atom is 0.239 e. The summed E-state index contributed by atoms with van der Waals surface area (Å²) in [5, 5.41) is 6.44. The highest BCUT2D eigenvalue weighted by Crippen LogP contribution is 2.31. The van der Waals surface area contributed by atoms with E-state index in [1.807, 2.05) is 18.2 Å². The van der Waals surface area contributed by atoms with Crippen LogP contribution in [0, 0.1) is 0 Å². The second-order valence-electron chi connectivity index (χ2n) is 3.77. The molecule has 3 aromatic heterocycles. The Morgan fingerprint density at radius 3 is 2.84 bits per heavy atom. The van der Waals surface area contributed by atoms with E-state index in [1.165, 1.54) is 0 Å². The lowest BCUT2D eigenvalue weighted by Gasteiger charge is -2.03. The molecule has 3 N–H and O–H groups in total. The van der Waals surface area contributed by atoms with Crippen LogP contribution in [0.15, 0.2) is 34.9 Å². The van der Waals surface area contributed by atoms with Crippen molar-refractivity contribution in [3.05, 3.63) is 30.5 Å². The minimum Gasteiger partial charge on any atom is -0.480 e. The summed E-state index contributed by atoms with van der Waals surface area (Å²) in [4.78, 5) is 8.12. The molecule has 0 aromatic carbocycles. The van der Waals surface area contributed by atoms with Crippen molar-refractivity contribution in [3.8, 4) is 28.8 Å². The van der Waals surface area contributed by atoms with Crippen LogP contribution in [0.4, 0.5) is 5.95 Å². The molecular weight excluding hydrogens is 246 g/mol. The van der Waals surface area contributed by atoms with Crippen LogP contribution in [0.5, 0.6) is 5.88 Å². The summed E-state index contributed by atoms with van der Waals surface area (Å²) in [5.41, 5.74) is 6.22. The van der Waals surface area contributed by atoms with Crippen LogP contribution in [0.1, 0.15) is 0 Å². The van der Waals surface area contributed by atoms with Crippen molar-refractivity contribution in [2.75, 3.05) is 12.8 Å². The van der Waals surface area contributed by atoms with E-state index in [9.17, 15) is 0 Å². The van der Waals surface area contributed by atoms with Crippen molar-refractivity contribution < 1.29 is 9.15 Å². The lowest BCUT2D eigenvalue weighted by molar-refractivity contribution is 0.398. The van der Waals surface area contributed by atoms with Crippen molar-refractivity contribution in [2.45, 2.75) is 0 Å². The van der Waals surface area contributed by atoms with Crippen molar-refractivity contribution in [1.29, 1.82) is 0 Å². The Hall–Kier alpha value is -2.83. The number of nitrogens with zero attached hydrogens (tertiary/aromatic N) is 3. The number of nitrogen functional groups attached to an aromatic ring is 1. The molecule has 0 aliphatic rings. The molecule has 3 heterocycles. The smallest absolute Gasteiger partial charge is 0.239 e. The minimum absolute atomic E-state index is 0.173. The van der Waals surface area contributed by atoms with Crippen LogP contribution in [0.25, 0.3) is 22.9 Å². The molecule has 7 nitrogen and oxygen atoms in total. The van der Waals surface area contributed by atoms with Gasteiger partial charge in [-0.15, -0.1) is 5.10 Å². The van der Waals surface area contributed by atoms with Crippen LogP contribution in [0.3, 0.4) is 0 Å². The molecule has 0 radical (unpaired) electrons. The summed E-state index contributed by atoms with van der Waals surface area (Å²) in [5.74, 6) is 2.33. The number of pyridine rings is 1. The fourth-order valence-corrected chi connectivity index (χ4v) is 1.74. The van der Waals surface area contributed by atoms with Crippen molar-refractivity contribution in [3.63, 3.8) is 0 Å². The first-order valence-electron chi connectivity index (χ1n) is 5.55. The van der Waals surface area contributed by atoms with Crippen molar-refractivity contribution in [2.24, 2.45) is 0 Å². The van der Waals surface area contributed by atoms with Gasteiger partial charge in [0, 0.05) is 6.20 Å². The van der Waals surface area contributed by atoms with Gasteiger partial charge in [-0.05, 0) is 24.3 Å². The molecule has 96 valence electrons. The summed E-state index contributed by atoms with van der Waals surface area (Å²) in [6.07, 6.45) is 1.66. The third kappa shape index (κ3) is 2.01. The van der Waals surface area contributed by atoms with Crippen molar-refractivity contribution >= 4 is 5.95 Å². The second kappa shape index (κ2) is 4.45. The first-order chi connectivity index (χ1) is 9.28. The van der Waals surface area contributed by atoms with Crippen LogP contribution < -0.4 is 10.5 Å². The molecule has 3 rings (SSSR count). The number of rotatable bonds is 3. The Kier molecular flexibility index (Phi) is 2.64. The Morgan fingerprint density at radius 2 is 2.11 bits per heavy atom. The third-order valence-electron chi connectivity index (χ3n) is 2.57. The van der Waals surface area contributed by atoms with E-state index in [4.69, 9.17) is 14.9 Å². The van der Waals surface area contributed by atoms with Crippen LogP contribution >= 0.6 is 0 Å². The molecule has 0 atom stereocenters. The standard InChI is InChI=1S/C12H11N5O2/c1-18-11-7(3-2-6-14-11)8-4-5-9(19-8)10-15-12(13)17-16-10/h2-6H,1H3,(H3,13,15,16,17). The number of anilines is 1. The molecule has 0 saturated carbocycles. The van der Waals surface area contributed by atoms with Gasteiger partial charge in [-0.2, -0.15) is 4.98 Å². The maximum absolute atomic E-state index is 5.70. The summed E-state index contributed by atoms with van der Waals surface area (Å²) in [6, 6.07) is 7.27. The number of ether oxygens (including phenoxy) is 1. The third-order valence-corrected chi connectivity index (χ3v) is 2.57. The number of H-pyrrole nitrogens is 1. The number of hydrogen-bond donors (Lipinski definition) is 2. The largest absolute Gasteiger partial charge is 0.480 e. The molecule has 3 aromatic rings. The zero-order valence-electron chi connectivity index (χ0n) is 10.1. The Bertz CT molecular complexity index is 703. The molecular formula is C12H11N5O2. The van der Waals surface area contributed by atoms with E-state index in [1.54, 1.807) is 19.4 Å². The van der Waals surface area contributed by atoms with Crippen LogP contribution in [0.2, 0.25) is 0 Å². The zero-order valence-corrected chi connectivity index (χ0v) is 10.1. The van der Waals surface area contributed by atoms with Gasteiger partial charge in [0.25, 0.3) is 0 Å². The SMILES string of the molecule is COc1ncccc1-c1ccc(-c2nc(N)n[nH]2)o1. The summed E-state index contributed by atoms with van der Waals surface area (Å²) in [7, 11) is 1.56. The number of hydrogen-bond acceptors (Lipinski definition) is 6. The molecule has 19 heavy (non-hydrogen) atoms. The highest BCUT2D eigenvalue weighted by molar-refractivity contribution is 5.66. The minimum atomic E-state index is 0.173. The predicted octanol–water partition coefficient (Wildman–Crippen LogP) is 1.72. The quantitative estimate of drug-likeness (QED) is 0.740. The second-order valence-corrected chi connectivity index (χ2v) is 3.77. The van der Waals surface area contributed by atoms with E-state index in [-0.39, 0.29) is 5.95 Å². The molecule has 0 unspecified atom stereocenters. The fourth-order valence-electron chi connectivity index (χ4n) is 1.74.